The molecule has 4 rings (SSSR count). The second-order valence-corrected chi connectivity index (χ2v) is 8.79. The van der Waals surface area contributed by atoms with Crippen molar-refractivity contribution in [2.45, 2.75) is 30.2 Å². The lowest BCUT2D eigenvalue weighted by Crippen LogP contribution is -2.29. The highest BCUT2D eigenvalue weighted by atomic mass is 32.2. The van der Waals surface area contributed by atoms with Gasteiger partial charge in [-0.25, -0.2) is 8.78 Å². The molecular weight excluding hydrogens is 436 g/mol. The Balaban J connectivity index is 1.63. The largest absolute Gasteiger partial charge is 0.508 e. The molecule has 3 aromatic carbocycles. The van der Waals surface area contributed by atoms with Gasteiger partial charge in [0.1, 0.15) is 23.1 Å². The van der Waals surface area contributed by atoms with E-state index in [2.05, 4.69) is 0 Å². The fourth-order valence-corrected chi connectivity index (χ4v) is 5.15. The third kappa shape index (κ3) is 4.56. The number of aliphatic hydroxyl groups is 1. The maximum atomic E-state index is 13.4. The average molecular weight is 457 g/mol. The van der Waals surface area contributed by atoms with E-state index in [1.165, 1.54) is 65.6 Å². The van der Waals surface area contributed by atoms with Crippen LogP contribution in [0.5, 0.6) is 11.5 Å². The Labute approximate surface area is 187 Å². The standard InChI is InChI=1S/C24H21F2NO4S/c25-15-3-1-14(2-4-15)20(29)11-12-22-23(19-10-9-18(28)13-21(19)30)27(24(31)32-22)17-7-5-16(26)6-8-17/h1-10,13,20,22-23,28-30H,11-12H2/t20-,22+,23+/m0/s1. The lowest BCUT2D eigenvalue weighted by molar-refractivity contribution is 0.163. The number of carbonyl (C=O) groups is 1. The highest BCUT2D eigenvalue weighted by molar-refractivity contribution is 8.14. The first-order valence-corrected chi connectivity index (χ1v) is 10.9. The maximum Gasteiger partial charge on any atom is 0.287 e. The molecule has 5 nitrogen and oxygen atoms in total. The van der Waals surface area contributed by atoms with Crippen molar-refractivity contribution >= 4 is 22.7 Å². The van der Waals surface area contributed by atoms with Crippen molar-refractivity contribution in [1.29, 1.82) is 0 Å². The molecule has 3 atom stereocenters. The number of anilines is 1. The van der Waals surface area contributed by atoms with Crippen molar-refractivity contribution in [1.82, 2.24) is 0 Å². The molecule has 0 radical (unpaired) electrons. The summed E-state index contributed by atoms with van der Waals surface area (Å²) in [6.45, 7) is 0. The lowest BCUT2D eigenvalue weighted by atomic mass is 9.95. The minimum Gasteiger partial charge on any atom is -0.508 e. The molecule has 3 N–H and O–H groups in total. The molecule has 1 aliphatic rings. The first-order chi connectivity index (χ1) is 15.3. The quantitative estimate of drug-likeness (QED) is 0.444. The SMILES string of the molecule is O=C1S[C@H](CC[C@H](O)c2ccc(F)cc2)[C@@H](c2ccc(O)cc2O)N1c1ccc(F)cc1. The highest BCUT2D eigenvalue weighted by Gasteiger charge is 2.43. The zero-order valence-electron chi connectivity index (χ0n) is 16.9. The van der Waals surface area contributed by atoms with Crippen molar-refractivity contribution in [3.8, 4) is 11.5 Å². The Kier molecular flexibility index (Phi) is 6.34. The van der Waals surface area contributed by atoms with Crippen LogP contribution in [0, 0.1) is 11.6 Å². The molecular formula is C24H21F2NO4S. The molecule has 0 aliphatic carbocycles. The number of amides is 1. The Morgan fingerprint density at radius 1 is 0.938 bits per heavy atom. The number of phenolic OH excluding ortho intramolecular Hbond substituents is 2. The van der Waals surface area contributed by atoms with Crippen molar-refractivity contribution in [2.75, 3.05) is 4.90 Å². The number of nitrogens with zero attached hydrogens (tertiary/aromatic N) is 1. The Hall–Kier alpha value is -3.10. The predicted octanol–water partition coefficient (Wildman–Crippen LogP) is 5.67. The first kappa shape index (κ1) is 22.1. The Morgan fingerprint density at radius 3 is 2.19 bits per heavy atom. The van der Waals surface area contributed by atoms with Gasteiger partial charge < -0.3 is 15.3 Å². The van der Waals surface area contributed by atoms with E-state index < -0.39 is 23.8 Å². The van der Waals surface area contributed by atoms with Crippen LogP contribution in [0.25, 0.3) is 0 Å². The third-order valence-electron chi connectivity index (χ3n) is 5.50. The smallest absolute Gasteiger partial charge is 0.287 e. The monoisotopic (exact) mass is 457 g/mol. The van der Waals surface area contributed by atoms with Crippen LogP contribution in [0.15, 0.2) is 66.7 Å². The van der Waals surface area contributed by atoms with E-state index in [0.29, 0.717) is 29.7 Å². The van der Waals surface area contributed by atoms with Crippen LogP contribution in [0.2, 0.25) is 0 Å². The van der Waals surface area contributed by atoms with Gasteiger partial charge in [0, 0.05) is 22.6 Å². The molecule has 166 valence electrons. The van der Waals surface area contributed by atoms with Crippen LogP contribution in [-0.4, -0.2) is 25.8 Å². The van der Waals surface area contributed by atoms with E-state index in [1.54, 1.807) is 6.07 Å². The Morgan fingerprint density at radius 2 is 1.56 bits per heavy atom. The van der Waals surface area contributed by atoms with Crippen molar-refractivity contribution in [3.63, 3.8) is 0 Å². The molecule has 1 fully saturated rings. The van der Waals surface area contributed by atoms with E-state index in [1.807, 2.05) is 0 Å². The predicted molar refractivity (Wildman–Crippen MR) is 119 cm³/mol. The zero-order chi connectivity index (χ0) is 22.8. The number of hydrogen-bond acceptors (Lipinski definition) is 5. The molecule has 0 saturated carbocycles. The van der Waals surface area contributed by atoms with E-state index in [-0.39, 0.29) is 22.0 Å². The van der Waals surface area contributed by atoms with Crippen molar-refractivity contribution in [3.05, 3.63) is 89.5 Å². The summed E-state index contributed by atoms with van der Waals surface area (Å²) in [5, 5.41) is 30.1. The normalized spacial score (nSPS) is 19.3. The first-order valence-electron chi connectivity index (χ1n) is 10.0. The second-order valence-electron chi connectivity index (χ2n) is 7.60. The molecule has 1 heterocycles. The molecule has 8 heteroatoms. The van der Waals surface area contributed by atoms with E-state index in [4.69, 9.17) is 0 Å². The van der Waals surface area contributed by atoms with E-state index >= 15 is 0 Å². The highest BCUT2D eigenvalue weighted by Crippen LogP contribution is 2.49. The van der Waals surface area contributed by atoms with Crippen LogP contribution in [0.4, 0.5) is 19.3 Å². The molecule has 0 unspecified atom stereocenters. The maximum absolute atomic E-state index is 13.4. The van der Waals surface area contributed by atoms with Gasteiger partial charge >= 0.3 is 0 Å². The minimum atomic E-state index is -0.847. The van der Waals surface area contributed by atoms with Gasteiger partial charge in [-0.3, -0.25) is 9.69 Å². The fraction of sp³-hybridized carbons (Fsp3) is 0.208. The number of rotatable bonds is 6. The number of phenols is 2. The summed E-state index contributed by atoms with van der Waals surface area (Å²) in [5.41, 5.74) is 1.48. The molecule has 3 aromatic rings. The number of thioether (sulfide) groups is 1. The summed E-state index contributed by atoms with van der Waals surface area (Å²) in [7, 11) is 0. The number of halogens is 2. The summed E-state index contributed by atoms with van der Waals surface area (Å²) >= 11 is 1.08. The van der Waals surface area contributed by atoms with Gasteiger partial charge in [-0.2, -0.15) is 0 Å². The van der Waals surface area contributed by atoms with Gasteiger partial charge in [0.25, 0.3) is 5.24 Å². The molecule has 1 amide bonds. The molecule has 1 aliphatic heterocycles. The van der Waals surface area contributed by atoms with Crippen LogP contribution in [-0.2, 0) is 0 Å². The van der Waals surface area contributed by atoms with Gasteiger partial charge in [0.2, 0.25) is 0 Å². The molecule has 0 aromatic heterocycles. The van der Waals surface area contributed by atoms with Gasteiger partial charge in [-0.1, -0.05) is 23.9 Å². The molecule has 1 saturated heterocycles. The number of carbonyl (C=O) groups excluding carboxylic acids is 1. The third-order valence-corrected chi connectivity index (χ3v) is 6.69. The van der Waals surface area contributed by atoms with Crippen LogP contribution in [0.3, 0.4) is 0 Å². The summed E-state index contributed by atoms with van der Waals surface area (Å²) < 4.78 is 26.6. The van der Waals surface area contributed by atoms with Crippen molar-refractivity contribution < 1.29 is 28.9 Å². The van der Waals surface area contributed by atoms with Crippen LogP contribution >= 0.6 is 11.8 Å². The number of aliphatic hydroxyl groups excluding tert-OH is 1. The fourth-order valence-electron chi connectivity index (χ4n) is 3.91. The number of benzene rings is 3. The minimum absolute atomic E-state index is 0.111. The lowest BCUT2D eigenvalue weighted by Gasteiger charge is -2.28. The molecule has 0 bridgehead atoms. The van der Waals surface area contributed by atoms with Gasteiger partial charge in [-0.15, -0.1) is 0 Å². The van der Waals surface area contributed by atoms with Crippen LogP contribution < -0.4 is 4.90 Å². The summed E-state index contributed by atoms with van der Waals surface area (Å²) in [6, 6.07) is 14.7. The molecule has 0 spiro atoms. The topological polar surface area (TPSA) is 81.0 Å². The van der Waals surface area contributed by atoms with E-state index in [0.717, 1.165) is 11.8 Å². The second kappa shape index (κ2) is 9.18. The molecule has 32 heavy (non-hydrogen) atoms. The number of aromatic hydroxyl groups is 2. The van der Waals surface area contributed by atoms with Gasteiger partial charge in [-0.05, 0) is 66.9 Å². The average Bonchev–Trinajstić information content (AvgIpc) is 3.09. The van der Waals surface area contributed by atoms with E-state index in [9.17, 15) is 28.9 Å². The Bertz CT molecular complexity index is 1110. The van der Waals surface area contributed by atoms with Gasteiger partial charge in [0.05, 0.1) is 12.1 Å². The van der Waals surface area contributed by atoms with Gasteiger partial charge in [0.15, 0.2) is 0 Å². The van der Waals surface area contributed by atoms with Crippen molar-refractivity contribution in [2.24, 2.45) is 0 Å². The summed E-state index contributed by atoms with van der Waals surface area (Å²) in [6.07, 6.45) is -0.124. The van der Waals surface area contributed by atoms with Crippen LogP contribution in [0.1, 0.15) is 36.1 Å². The number of hydrogen-bond donors (Lipinski definition) is 3. The summed E-state index contributed by atoms with van der Waals surface area (Å²) in [4.78, 5) is 14.4. The zero-order valence-corrected chi connectivity index (χ0v) is 17.7. The summed E-state index contributed by atoms with van der Waals surface area (Å²) in [5.74, 6) is -1.10.